The summed E-state index contributed by atoms with van der Waals surface area (Å²) in [7, 11) is -2.74. The highest BCUT2D eigenvalue weighted by molar-refractivity contribution is 6.71. The first-order valence-electron chi connectivity index (χ1n) is 12.0. The molecule has 3 N–H and O–H groups in total. The van der Waals surface area contributed by atoms with Gasteiger partial charge in [-0.15, -0.1) is 0 Å². The molecule has 3 aromatic rings. The Morgan fingerprint density at radius 1 is 1.11 bits per heavy atom. The Labute approximate surface area is 204 Å². The van der Waals surface area contributed by atoms with E-state index in [4.69, 9.17) is 4.74 Å². The summed E-state index contributed by atoms with van der Waals surface area (Å²) >= 11 is 0. The van der Waals surface area contributed by atoms with Crippen LogP contribution in [0.4, 0.5) is 17.1 Å². The lowest BCUT2D eigenvalue weighted by molar-refractivity contribution is -0.143. The third kappa shape index (κ3) is 2.94. The molecule has 35 heavy (non-hydrogen) atoms. The number of rotatable bonds is 4. The summed E-state index contributed by atoms with van der Waals surface area (Å²) in [5.74, 6) is -0.681. The van der Waals surface area contributed by atoms with Crippen molar-refractivity contribution in [3.8, 4) is 0 Å². The summed E-state index contributed by atoms with van der Waals surface area (Å²) in [5, 5.41) is 14.6. The Balaban J connectivity index is 1.49. The minimum absolute atomic E-state index is 0.0898. The number of amides is 2. The van der Waals surface area contributed by atoms with Gasteiger partial charge in [-0.05, 0) is 55.2 Å². The second-order valence-electron chi connectivity index (χ2n) is 10.4. The van der Waals surface area contributed by atoms with Gasteiger partial charge in [-0.3, -0.25) is 14.5 Å². The number of nitrogens with zero attached hydrogens (tertiary/aromatic N) is 1. The Morgan fingerprint density at radius 2 is 1.86 bits per heavy atom. The van der Waals surface area contributed by atoms with E-state index in [1.54, 1.807) is 4.90 Å². The van der Waals surface area contributed by atoms with Gasteiger partial charge in [-0.2, -0.15) is 0 Å². The first-order valence-corrected chi connectivity index (χ1v) is 15.0. The van der Waals surface area contributed by atoms with Gasteiger partial charge in [0.1, 0.15) is 0 Å². The van der Waals surface area contributed by atoms with Gasteiger partial charge >= 0.3 is 0 Å². The summed E-state index contributed by atoms with van der Waals surface area (Å²) in [6, 6.07) is 17.1. The molecule has 1 spiro atoms. The molecule has 0 unspecified atom stereocenters. The zero-order valence-electron chi connectivity index (χ0n) is 19.9. The SMILES string of the molecule is C[C@H]1[C@H]([Si](C)(C)O)[C@@H](CCO)O[C@]12C(=O)Nc1ccc(N3C(=O)c4cccc5cccc3c45)cc12. The van der Waals surface area contributed by atoms with E-state index >= 15 is 0 Å². The zero-order chi connectivity index (χ0) is 24.7. The highest BCUT2D eigenvalue weighted by atomic mass is 28.4. The number of aliphatic hydroxyl groups is 1. The number of carbonyl (C=O) groups excluding carboxylic acids is 2. The third-order valence-corrected chi connectivity index (χ3v) is 10.5. The van der Waals surface area contributed by atoms with Crippen molar-refractivity contribution in [1.29, 1.82) is 0 Å². The Bertz CT molecular complexity index is 1390. The van der Waals surface area contributed by atoms with Crippen LogP contribution in [0.2, 0.25) is 18.6 Å². The van der Waals surface area contributed by atoms with Gasteiger partial charge in [0, 0.05) is 40.4 Å². The predicted octanol–water partition coefficient (Wildman–Crippen LogP) is 4.26. The van der Waals surface area contributed by atoms with Crippen molar-refractivity contribution >= 4 is 48.0 Å². The van der Waals surface area contributed by atoms with Gasteiger partial charge in [-0.25, -0.2) is 0 Å². The van der Waals surface area contributed by atoms with Crippen molar-refractivity contribution in [2.24, 2.45) is 5.92 Å². The predicted molar refractivity (Wildman–Crippen MR) is 136 cm³/mol. The van der Waals surface area contributed by atoms with Crippen LogP contribution in [0.1, 0.15) is 29.3 Å². The molecule has 3 aliphatic heterocycles. The maximum atomic E-state index is 13.5. The van der Waals surface area contributed by atoms with Crippen LogP contribution in [-0.2, 0) is 15.1 Å². The van der Waals surface area contributed by atoms with Crippen LogP contribution < -0.4 is 10.2 Å². The molecule has 180 valence electrons. The van der Waals surface area contributed by atoms with Crippen LogP contribution in [0.3, 0.4) is 0 Å². The third-order valence-electron chi connectivity index (χ3n) is 7.95. The van der Waals surface area contributed by atoms with E-state index in [0.717, 1.165) is 16.5 Å². The minimum Gasteiger partial charge on any atom is -0.432 e. The molecule has 4 atom stereocenters. The van der Waals surface area contributed by atoms with E-state index in [9.17, 15) is 19.5 Å². The maximum absolute atomic E-state index is 13.5. The molecule has 0 aliphatic carbocycles. The first-order chi connectivity index (χ1) is 16.7. The lowest BCUT2D eigenvalue weighted by atomic mass is 9.82. The number of fused-ring (bicyclic) bond motifs is 2. The number of carbonyl (C=O) groups is 2. The van der Waals surface area contributed by atoms with Crippen LogP contribution in [0.15, 0.2) is 54.6 Å². The molecule has 2 amide bonds. The molecule has 3 aliphatic rings. The average Bonchev–Trinajstić information content (AvgIpc) is 3.38. The van der Waals surface area contributed by atoms with Crippen LogP contribution >= 0.6 is 0 Å². The van der Waals surface area contributed by atoms with E-state index in [1.165, 1.54) is 0 Å². The maximum Gasteiger partial charge on any atom is 0.263 e. The molecule has 0 radical (unpaired) electrons. The van der Waals surface area contributed by atoms with Gasteiger partial charge in [0.05, 0.1) is 17.4 Å². The standard InChI is InChI=1S/C27H28N2O5Si/c1-15-24(35(2,3)33)22(12-13-30)34-27(15)19-14-17(10-11-20(19)28-26(27)32)29-21-9-5-7-16-6-4-8-18(23(16)21)25(29)31/h4-11,14-15,22,24,30,33H,12-13H2,1-3H3,(H,28,32)/t15-,22+,24-,27+/m0/s1. The summed E-state index contributed by atoms with van der Waals surface area (Å²) < 4.78 is 6.50. The highest BCUT2D eigenvalue weighted by Crippen LogP contribution is 2.59. The molecular weight excluding hydrogens is 460 g/mol. The van der Waals surface area contributed by atoms with Crippen molar-refractivity contribution in [3.05, 3.63) is 65.7 Å². The van der Waals surface area contributed by atoms with Crippen LogP contribution in [-0.4, -0.2) is 42.7 Å². The van der Waals surface area contributed by atoms with E-state index in [2.05, 4.69) is 5.32 Å². The van der Waals surface area contributed by atoms with Crippen molar-refractivity contribution in [1.82, 2.24) is 0 Å². The van der Waals surface area contributed by atoms with E-state index in [-0.39, 0.29) is 29.9 Å². The number of anilines is 3. The Morgan fingerprint density at radius 3 is 2.57 bits per heavy atom. The molecule has 1 saturated heterocycles. The van der Waals surface area contributed by atoms with Gasteiger partial charge in [0.25, 0.3) is 11.8 Å². The quantitative estimate of drug-likeness (QED) is 0.477. The smallest absolute Gasteiger partial charge is 0.263 e. The molecule has 7 nitrogen and oxygen atoms in total. The summed E-state index contributed by atoms with van der Waals surface area (Å²) in [5.41, 5.74) is 1.93. The fourth-order valence-electron chi connectivity index (χ4n) is 6.59. The number of aliphatic hydroxyl groups excluding tert-OH is 1. The molecule has 3 aromatic carbocycles. The van der Waals surface area contributed by atoms with E-state index in [0.29, 0.717) is 28.9 Å². The molecule has 0 bridgehead atoms. The van der Waals surface area contributed by atoms with Crippen LogP contribution in [0.25, 0.3) is 10.8 Å². The first kappa shape index (κ1) is 22.4. The van der Waals surface area contributed by atoms with Crippen LogP contribution in [0.5, 0.6) is 0 Å². The topological polar surface area (TPSA) is 99.1 Å². The molecular formula is C27H28N2O5Si. The fraction of sp³-hybridized carbons (Fsp3) is 0.333. The zero-order valence-corrected chi connectivity index (χ0v) is 20.9. The highest BCUT2D eigenvalue weighted by Gasteiger charge is 2.64. The molecule has 3 heterocycles. The molecule has 0 saturated carbocycles. The lowest BCUT2D eigenvalue weighted by Gasteiger charge is -2.32. The average molecular weight is 489 g/mol. The van der Waals surface area contributed by atoms with Gasteiger partial charge in [0.15, 0.2) is 13.9 Å². The summed E-state index contributed by atoms with van der Waals surface area (Å²) in [4.78, 5) is 39.8. The molecule has 1 fully saturated rings. The molecule has 0 aromatic heterocycles. The summed E-state index contributed by atoms with van der Waals surface area (Å²) in [6.45, 7) is 5.57. The monoisotopic (exact) mass is 488 g/mol. The van der Waals surface area contributed by atoms with Gasteiger partial charge in [0.2, 0.25) is 0 Å². The number of hydrogen-bond donors (Lipinski definition) is 3. The number of hydrogen-bond acceptors (Lipinski definition) is 5. The van der Waals surface area contributed by atoms with Gasteiger partial charge in [-0.1, -0.05) is 31.2 Å². The molecule has 8 heteroatoms. The van der Waals surface area contributed by atoms with Crippen molar-refractivity contribution in [2.45, 2.75) is 43.7 Å². The largest absolute Gasteiger partial charge is 0.432 e. The van der Waals surface area contributed by atoms with Gasteiger partial charge < -0.3 is 20.0 Å². The van der Waals surface area contributed by atoms with E-state index in [1.807, 2.05) is 74.6 Å². The second-order valence-corrected chi connectivity index (χ2v) is 14.4. The Kier molecular flexibility index (Phi) is 4.79. The van der Waals surface area contributed by atoms with E-state index < -0.39 is 20.0 Å². The molecule has 6 rings (SSSR count). The van der Waals surface area contributed by atoms with Crippen molar-refractivity contribution in [2.75, 3.05) is 16.8 Å². The number of ether oxygens (including phenoxy) is 1. The fourth-order valence-corrected chi connectivity index (χ4v) is 9.20. The second kappa shape index (κ2) is 7.48. The lowest BCUT2D eigenvalue weighted by Crippen LogP contribution is -2.43. The minimum atomic E-state index is -2.74. The van der Waals surface area contributed by atoms with Crippen molar-refractivity contribution in [3.63, 3.8) is 0 Å². The Hall–Kier alpha value is -3.04. The summed E-state index contributed by atoms with van der Waals surface area (Å²) in [6.07, 6.45) is -0.0914. The number of benzene rings is 3. The normalized spacial score (nSPS) is 27.2. The number of nitrogens with one attached hydrogen (secondary N) is 1. The van der Waals surface area contributed by atoms with Crippen molar-refractivity contribution < 1.29 is 24.2 Å². The van der Waals surface area contributed by atoms with Crippen LogP contribution in [0, 0.1) is 5.92 Å².